The molecule has 0 spiro atoms. The van der Waals surface area contributed by atoms with E-state index in [9.17, 15) is 4.79 Å². The number of benzene rings is 2. The lowest BCUT2D eigenvalue weighted by Gasteiger charge is -2.06. The summed E-state index contributed by atoms with van der Waals surface area (Å²) in [6, 6.07) is 19.2. The highest BCUT2D eigenvalue weighted by Crippen LogP contribution is 2.27. The van der Waals surface area contributed by atoms with Crippen LogP contribution in [0.15, 0.2) is 79.3 Å². The molecule has 116 valence electrons. The maximum Gasteiger partial charge on any atom is 0.335 e. The SMILES string of the molecule is O=C(O)c1ccc(-c2ccc3c(ccn3-c3cccnc3)c2)cc1. The maximum atomic E-state index is 11.0. The van der Waals surface area contributed by atoms with Gasteiger partial charge in [0, 0.05) is 17.8 Å². The third-order valence-corrected chi connectivity index (χ3v) is 4.08. The lowest BCUT2D eigenvalue weighted by molar-refractivity contribution is 0.0697. The summed E-state index contributed by atoms with van der Waals surface area (Å²) in [5, 5.41) is 10.1. The first kappa shape index (κ1) is 14.2. The molecule has 2 heterocycles. The fourth-order valence-corrected chi connectivity index (χ4v) is 2.85. The Morgan fingerprint density at radius 2 is 1.75 bits per heavy atom. The van der Waals surface area contributed by atoms with Crippen LogP contribution in [0.1, 0.15) is 10.4 Å². The summed E-state index contributed by atoms with van der Waals surface area (Å²) in [4.78, 5) is 15.1. The van der Waals surface area contributed by atoms with Gasteiger partial charge in [-0.1, -0.05) is 18.2 Å². The van der Waals surface area contributed by atoms with Crippen molar-refractivity contribution in [2.24, 2.45) is 0 Å². The molecule has 2 aromatic heterocycles. The van der Waals surface area contributed by atoms with E-state index in [-0.39, 0.29) is 0 Å². The van der Waals surface area contributed by atoms with Crippen LogP contribution in [0.4, 0.5) is 0 Å². The number of fused-ring (bicyclic) bond motifs is 1. The predicted octanol–water partition coefficient (Wildman–Crippen LogP) is 4.39. The first-order valence-electron chi connectivity index (χ1n) is 7.57. The van der Waals surface area contributed by atoms with Gasteiger partial charge in [0.2, 0.25) is 0 Å². The fourth-order valence-electron chi connectivity index (χ4n) is 2.85. The number of carboxylic acid groups (broad SMARTS) is 1. The normalized spacial score (nSPS) is 10.8. The Labute approximate surface area is 138 Å². The van der Waals surface area contributed by atoms with Crippen molar-refractivity contribution in [3.8, 4) is 16.8 Å². The number of aromatic carboxylic acids is 1. The van der Waals surface area contributed by atoms with Crippen molar-refractivity contribution in [1.82, 2.24) is 9.55 Å². The Kier molecular flexibility index (Phi) is 3.35. The predicted molar refractivity (Wildman–Crippen MR) is 93.5 cm³/mol. The van der Waals surface area contributed by atoms with Crippen molar-refractivity contribution in [3.05, 3.63) is 84.8 Å². The van der Waals surface area contributed by atoms with Crippen molar-refractivity contribution in [1.29, 1.82) is 0 Å². The molecule has 4 aromatic rings. The smallest absolute Gasteiger partial charge is 0.335 e. The largest absolute Gasteiger partial charge is 0.478 e. The van der Waals surface area contributed by atoms with Gasteiger partial charge in [0.05, 0.1) is 23.0 Å². The minimum Gasteiger partial charge on any atom is -0.478 e. The van der Waals surface area contributed by atoms with Crippen molar-refractivity contribution >= 4 is 16.9 Å². The molecule has 0 amide bonds. The van der Waals surface area contributed by atoms with Gasteiger partial charge in [0.1, 0.15) is 0 Å². The van der Waals surface area contributed by atoms with Gasteiger partial charge in [-0.15, -0.1) is 0 Å². The van der Waals surface area contributed by atoms with Gasteiger partial charge in [0.15, 0.2) is 0 Å². The van der Waals surface area contributed by atoms with Crippen molar-refractivity contribution in [2.75, 3.05) is 0 Å². The first-order chi connectivity index (χ1) is 11.7. The number of nitrogens with zero attached hydrogens (tertiary/aromatic N) is 2. The summed E-state index contributed by atoms with van der Waals surface area (Å²) in [5.41, 5.74) is 4.47. The van der Waals surface area contributed by atoms with Crippen molar-refractivity contribution < 1.29 is 9.90 Å². The molecule has 0 radical (unpaired) electrons. The average molecular weight is 314 g/mol. The Bertz CT molecular complexity index is 1020. The number of aromatic nitrogens is 2. The zero-order valence-corrected chi connectivity index (χ0v) is 12.8. The molecule has 0 aliphatic heterocycles. The lowest BCUT2D eigenvalue weighted by Crippen LogP contribution is -1.95. The Balaban J connectivity index is 1.76. The minimum absolute atomic E-state index is 0.294. The molecule has 24 heavy (non-hydrogen) atoms. The number of carboxylic acids is 1. The zero-order valence-electron chi connectivity index (χ0n) is 12.8. The number of hydrogen-bond acceptors (Lipinski definition) is 2. The van der Waals surface area contributed by atoms with E-state index < -0.39 is 5.97 Å². The second-order valence-electron chi connectivity index (χ2n) is 5.55. The second kappa shape index (κ2) is 5.66. The van der Waals surface area contributed by atoms with Crippen molar-refractivity contribution in [3.63, 3.8) is 0 Å². The Morgan fingerprint density at radius 3 is 2.46 bits per heavy atom. The summed E-state index contributed by atoms with van der Waals surface area (Å²) < 4.78 is 2.10. The van der Waals surface area contributed by atoms with Crippen LogP contribution in [0.5, 0.6) is 0 Å². The third-order valence-electron chi connectivity index (χ3n) is 4.08. The number of hydrogen-bond donors (Lipinski definition) is 1. The topological polar surface area (TPSA) is 55.1 Å². The van der Waals surface area contributed by atoms with E-state index in [1.807, 2.05) is 42.7 Å². The van der Waals surface area contributed by atoms with Crippen LogP contribution in [-0.2, 0) is 0 Å². The number of pyridine rings is 1. The highest BCUT2D eigenvalue weighted by atomic mass is 16.4. The highest BCUT2D eigenvalue weighted by Gasteiger charge is 2.07. The van der Waals surface area contributed by atoms with Crippen molar-refractivity contribution in [2.45, 2.75) is 0 Å². The zero-order chi connectivity index (χ0) is 16.5. The van der Waals surface area contributed by atoms with E-state index in [0.717, 1.165) is 27.7 Å². The molecule has 4 heteroatoms. The van der Waals surface area contributed by atoms with Gasteiger partial charge in [0.25, 0.3) is 0 Å². The summed E-state index contributed by atoms with van der Waals surface area (Å²) in [6.07, 6.45) is 5.62. The van der Waals surface area contributed by atoms with Gasteiger partial charge in [-0.2, -0.15) is 0 Å². The van der Waals surface area contributed by atoms with Gasteiger partial charge in [-0.3, -0.25) is 4.98 Å². The van der Waals surface area contributed by atoms with Crippen LogP contribution in [0.25, 0.3) is 27.7 Å². The monoisotopic (exact) mass is 314 g/mol. The standard InChI is InChI=1S/C20H14N2O2/c23-20(24)15-5-3-14(4-6-15)16-7-8-19-17(12-16)9-11-22(19)18-2-1-10-21-13-18/h1-13H,(H,23,24). The van der Waals surface area contributed by atoms with Gasteiger partial charge in [-0.25, -0.2) is 4.79 Å². The highest BCUT2D eigenvalue weighted by molar-refractivity contribution is 5.90. The number of carbonyl (C=O) groups is 1. The summed E-state index contributed by atoms with van der Waals surface area (Å²) in [6.45, 7) is 0. The van der Waals surface area contributed by atoms with E-state index in [1.54, 1.807) is 18.3 Å². The lowest BCUT2D eigenvalue weighted by atomic mass is 10.0. The molecule has 0 aliphatic rings. The van der Waals surface area contributed by atoms with E-state index in [2.05, 4.69) is 27.8 Å². The van der Waals surface area contributed by atoms with Gasteiger partial charge in [-0.05, 0) is 53.6 Å². The third kappa shape index (κ3) is 2.44. The van der Waals surface area contributed by atoms with Crippen LogP contribution >= 0.6 is 0 Å². The van der Waals surface area contributed by atoms with Crippen LogP contribution < -0.4 is 0 Å². The molecule has 0 saturated carbocycles. The molecule has 0 atom stereocenters. The molecule has 4 rings (SSSR count). The van der Waals surface area contributed by atoms with Crippen LogP contribution in [0, 0.1) is 0 Å². The molecule has 0 unspecified atom stereocenters. The Hall–Kier alpha value is -3.40. The summed E-state index contributed by atoms with van der Waals surface area (Å²) in [5.74, 6) is -0.912. The molecule has 1 N–H and O–H groups in total. The number of rotatable bonds is 3. The Morgan fingerprint density at radius 1 is 0.958 bits per heavy atom. The van der Waals surface area contributed by atoms with Crippen LogP contribution in [-0.4, -0.2) is 20.6 Å². The molecule has 4 nitrogen and oxygen atoms in total. The minimum atomic E-state index is -0.912. The van der Waals surface area contributed by atoms with E-state index in [0.29, 0.717) is 5.56 Å². The van der Waals surface area contributed by atoms with E-state index >= 15 is 0 Å². The van der Waals surface area contributed by atoms with Crippen LogP contribution in [0.3, 0.4) is 0 Å². The molecular weight excluding hydrogens is 300 g/mol. The average Bonchev–Trinajstić information content (AvgIpc) is 3.05. The summed E-state index contributed by atoms with van der Waals surface area (Å²) >= 11 is 0. The van der Waals surface area contributed by atoms with Gasteiger partial charge < -0.3 is 9.67 Å². The molecule has 0 bridgehead atoms. The molecule has 0 aliphatic carbocycles. The first-order valence-corrected chi connectivity index (χ1v) is 7.57. The quantitative estimate of drug-likeness (QED) is 0.610. The second-order valence-corrected chi connectivity index (χ2v) is 5.55. The van der Waals surface area contributed by atoms with E-state index in [1.165, 1.54) is 0 Å². The molecule has 0 saturated heterocycles. The van der Waals surface area contributed by atoms with E-state index in [4.69, 9.17) is 5.11 Å². The molecule has 0 fully saturated rings. The summed E-state index contributed by atoms with van der Waals surface area (Å²) in [7, 11) is 0. The van der Waals surface area contributed by atoms with Gasteiger partial charge >= 0.3 is 5.97 Å². The van der Waals surface area contributed by atoms with Crippen LogP contribution in [0.2, 0.25) is 0 Å². The maximum absolute atomic E-state index is 11.0. The molecule has 2 aromatic carbocycles. The fraction of sp³-hybridized carbons (Fsp3) is 0. The molecular formula is C20H14N2O2.